The van der Waals surface area contributed by atoms with Gasteiger partial charge in [0.2, 0.25) is 5.91 Å². The molecule has 2 heterocycles. The molecule has 0 aliphatic heterocycles. The minimum Gasteiger partial charge on any atom is -0.465 e. The maximum absolute atomic E-state index is 12.5. The number of hydrogen-bond acceptors (Lipinski definition) is 7. The van der Waals surface area contributed by atoms with E-state index in [0.29, 0.717) is 18.5 Å². The second-order valence-corrected chi connectivity index (χ2v) is 8.21. The lowest BCUT2D eigenvalue weighted by Gasteiger charge is -2.08. The molecule has 0 atom stereocenters. The van der Waals surface area contributed by atoms with Gasteiger partial charge in [-0.2, -0.15) is 5.10 Å². The molecule has 0 aliphatic rings. The van der Waals surface area contributed by atoms with Crippen molar-refractivity contribution in [1.29, 1.82) is 0 Å². The van der Waals surface area contributed by atoms with Crippen molar-refractivity contribution >= 4 is 50.1 Å². The van der Waals surface area contributed by atoms with Crippen molar-refractivity contribution < 1.29 is 23.9 Å². The molecule has 0 spiro atoms. The first-order valence-electron chi connectivity index (χ1n) is 9.09. The molecule has 0 saturated heterocycles. The molecule has 0 saturated carbocycles. The average Bonchev–Trinajstić information content (AvgIpc) is 3.14. The Balaban J connectivity index is 2.20. The average molecular weight is 486 g/mol. The second kappa shape index (κ2) is 10.0. The SMILES string of the molecule is CCCOC(=O)c1c(NC(=O)CCn2nc(C)c(Br)c2C)sc(C(=O)OC)c1C. The van der Waals surface area contributed by atoms with E-state index in [2.05, 4.69) is 26.3 Å². The summed E-state index contributed by atoms with van der Waals surface area (Å²) in [5, 5.41) is 7.40. The smallest absolute Gasteiger partial charge is 0.348 e. The first-order valence-corrected chi connectivity index (χ1v) is 10.7. The predicted molar refractivity (Wildman–Crippen MR) is 114 cm³/mol. The van der Waals surface area contributed by atoms with Gasteiger partial charge in [-0.1, -0.05) is 6.92 Å². The Labute approximate surface area is 181 Å². The van der Waals surface area contributed by atoms with Crippen molar-refractivity contribution in [1.82, 2.24) is 9.78 Å². The minimum absolute atomic E-state index is 0.155. The van der Waals surface area contributed by atoms with Gasteiger partial charge < -0.3 is 14.8 Å². The molecule has 0 fully saturated rings. The van der Waals surface area contributed by atoms with Crippen LogP contribution in [-0.4, -0.2) is 41.3 Å². The molecule has 0 bridgehead atoms. The minimum atomic E-state index is -0.575. The maximum Gasteiger partial charge on any atom is 0.348 e. The summed E-state index contributed by atoms with van der Waals surface area (Å²) in [6.45, 7) is 7.94. The molecule has 1 N–H and O–H groups in total. The number of ether oxygens (including phenoxy) is 2. The Bertz CT molecular complexity index is 935. The van der Waals surface area contributed by atoms with Crippen LogP contribution in [0.2, 0.25) is 0 Å². The highest BCUT2D eigenvalue weighted by molar-refractivity contribution is 9.10. The monoisotopic (exact) mass is 485 g/mol. The van der Waals surface area contributed by atoms with Crippen molar-refractivity contribution in [2.45, 2.75) is 47.1 Å². The third-order valence-electron chi connectivity index (χ3n) is 4.26. The normalized spacial score (nSPS) is 10.7. The van der Waals surface area contributed by atoms with Gasteiger partial charge in [-0.05, 0) is 48.7 Å². The van der Waals surface area contributed by atoms with Crippen molar-refractivity contribution in [3.05, 3.63) is 31.9 Å². The number of aromatic nitrogens is 2. The molecule has 8 nitrogen and oxygen atoms in total. The summed E-state index contributed by atoms with van der Waals surface area (Å²) < 4.78 is 12.6. The molecule has 158 valence electrons. The Hall–Kier alpha value is -2.20. The Morgan fingerprint density at radius 2 is 1.90 bits per heavy atom. The molecule has 0 unspecified atom stereocenters. The molecule has 2 aromatic heterocycles. The van der Waals surface area contributed by atoms with E-state index >= 15 is 0 Å². The summed E-state index contributed by atoms with van der Waals surface area (Å²) in [7, 11) is 1.27. The molecular formula is C19H24BrN3O5S. The lowest BCUT2D eigenvalue weighted by Crippen LogP contribution is -2.17. The fraction of sp³-hybridized carbons (Fsp3) is 0.474. The van der Waals surface area contributed by atoms with Crippen LogP contribution in [0, 0.1) is 20.8 Å². The fourth-order valence-corrected chi connectivity index (χ4v) is 4.10. The van der Waals surface area contributed by atoms with E-state index in [9.17, 15) is 14.4 Å². The van der Waals surface area contributed by atoms with E-state index in [1.165, 1.54) is 7.11 Å². The van der Waals surface area contributed by atoms with Gasteiger partial charge in [-0.15, -0.1) is 11.3 Å². The van der Waals surface area contributed by atoms with Gasteiger partial charge in [-0.3, -0.25) is 9.48 Å². The molecule has 2 aromatic rings. The van der Waals surface area contributed by atoms with E-state index in [1.54, 1.807) is 11.6 Å². The zero-order valence-corrected chi connectivity index (χ0v) is 19.5. The number of methoxy groups -OCH3 is 1. The van der Waals surface area contributed by atoms with E-state index in [0.717, 1.165) is 27.2 Å². The zero-order valence-electron chi connectivity index (χ0n) is 17.1. The molecule has 0 aromatic carbocycles. The number of esters is 2. The number of amides is 1. The highest BCUT2D eigenvalue weighted by atomic mass is 79.9. The summed E-state index contributed by atoms with van der Waals surface area (Å²) in [4.78, 5) is 37.3. The highest BCUT2D eigenvalue weighted by Crippen LogP contribution is 2.34. The summed E-state index contributed by atoms with van der Waals surface area (Å²) >= 11 is 4.46. The number of carbonyl (C=O) groups is 3. The second-order valence-electron chi connectivity index (χ2n) is 6.39. The first-order chi connectivity index (χ1) is 13.7. The van der Waals surface area contributed by atoms with Crippen LogP contribution >= 0.6 is 27.3 Å². The molecule has 29 heavy (non-hydrogen) atoms. The van der Waals surface area contributed by atoms with E-state index in [1.807, 2.05) is 20.8 Å². The lowest BCUT2D eigenvalue weighted by atomic mass is 10.1. The fourth-order valence-electron chi connectivity index (χ4n) is 2.69. The predicted octanol–water partition coefficient (Wildman–Crippen LogP) is 4.01. The van der Waals surface area contributed by atoms with Crippen LogP contribution in [0.5, 0.6) is 0 Å². The summed E-state index contributed by atoms with van der Waals surface area (Å²) in [6, 6.07) is 0. The number of nitrogens with zero attached hydrogens (tertiary/aromatic N) is 2. The van der Waals surface area contributed by atoms with Gasteiger partial charge in [-0.25, -0.2) is 9.59 Å². The van der Waals surface area contributed by atoms with Gasteiger partial charge in [0.25, 0.3) is 0 Å². The van der Waals surface area contributed by atoms with Crippen molar-refractivity contribution in [2.24, 2.45) is 0 Å². The Morgan fingerprint density at radius 3 is 2.45 bits per heavy atom. The standard InChI is InChI=1S/C19H24BrN3O5S/c1-6-9-28-18(25)14-10(2)16(19(26)27-5)29-17(14)21-13(24)7-8-23-12(4)15(20)11(3)22-23/h6-9H2,1-5H3,(H,21,24). The summed E-state index contributed by atoms with van der Waals surface area (Å²) in [6.07, 6.45) is 0.820. The Kier molecular flexibility index (Phi) is 7.97. The molecule has 2 rings (SSSR count). The number of anilines is 1. The number of halogens is 1. The zero-order chi connectivity index (χ0) is 21.7. The third-order valence-corrected chi connectivity index (χ3v) is 6.59. The molecular weight excluding hydrogens is 462 g/mol. The number of thiophene rings is 1. The lowest BCUT2D eigenvalue weighted by molar-refractivity contribution is -0.116. The molecule has 1 amide bonds. The van der Waals surface area contributed by atoms with Crippen LogP contribution in [0.4, 0.5) is 5.00 Å². The number of carbonyl (C=O) groups excluding carboxylic acids is 3. The van der Waals surface area contributed by atoms with Crippen molar-refractivity contribution in [2.75, 3.05) is 19.0 Å². The van der Waals surface area contributed by atoms with Crippen LogP contribution in [-0.2, 0) is 20.8 Å². The van der Waals surface area contributed by atoms with Crippen LogP contribution in [0.3, 0.4) is 0 Å². The van der Waals surface area contributed by atoms with Crippen LogP contribution in [0.25, 0.3) is 0 Å². The van der Waals surface area contributed by atoms with Crippen LogP contribution < -0.4 is 5.32 Å². The van der Waals surface area contributed by atoms with Crippen molar-refractivity contribution in [3.63, 3.8) is 0 Å². The number of aryl methyl sites for hydroxylation is 2. The Morgan fingerprint density at radius 1 is 1.21 bits per heavy atom. The summed E-state index contributed by atoms with van der Waals surface area (Å²) in [5.41, 5.74) is 2.39. The quantitative estimate of drug-likeness (QED) is 0.566. The summed E-state index contributed by atoms with van der Waals surface area (Å²) in [5.74, 6) is -1.44. The number of rotatable bonds is 8. The van der Waals surface area contributed by atoms with Gasteiger partial charge in [0, 0.05) is 12.1 Å². The van der Waals surface area contributed by atoms with Crippen LogP contribution in [0.1, 0.15) is 56.7 Å². The van der Waals surface area contributed by atoms with Gasteiger partial charge in [0.05, 0.1) is 36.0 Å². The number of hydrogen-bond donors (Lipinski definition) is 1. The highest BCUT2D eigenvalue weighted by Gasteiger charge is 2.27. The van der Waals surface area contributed by atoms with E-state index < -0.39 is 11.9 Å². The molecule has 0 radical (unpaired) electrons. The van der Waals surface area contributed by atoms with Gasteiger partial charge in [0.15, 0.2) is 0 Å². The largest absolute Gasteiger partial charge is 0.465 e. The van der Waals surface area contributed by atoms with Gasteiger partial charge in [0.1, 0.15) is 9.88 Å². The third kappa shape index (κ3) is 5.24. The maximum atomic E-state index is 12.5. The molecule has 0 aliphatic carbocycles. The number of nitrogens with one attached hydrogen (secondary N) is 1. The van der Waals surface area contributed by atoms with Crippen LogP contribution in [0.15, 0.2) is 4.47 Å². The van der Waals surface area contributed by atoms with Crippen molar-refractivity contribution in [3.8, 4) is 0 Å². The first kappa shape index (κ1) is 23.1. The molecule has 10 heteroatoms. The topological polar surface area (TPSA) is 99.5 Å². The van der Waals surface area contributed by atoms with E-state index in [4.69, 9.17) is 9.47 Å². The van der Waals surface area contributed by atoms with Gasteiger partial charge >= 0.3 is 11.9 Å². The van der Waals surface area contributed by atoms with E-state index in [-0.39, 0.29) is 34.4 Å².